The number of hydrogen-bond donors (Lipinski definition) is 1. The zero-order valence-electron chi connectivity index (χ0n) is 8.48. The van der Waals surface area contributed by atoms with Crippen LogP contribution in [0.2, 0.25) is 0 Å². The minimum absolute atomic E-state index is 0.0958. The Morgan fingerprint density at radius 1 is 1.14 bits per heavy atom. The van der Waals surface area contributed by atoms with E-state index in [0.29, 0.717) is 6.42 Å². The van der Waals surface area contributed by atoms with Crippen LogP contribution in [0.4, 0.5) is 0 Å². The third-order valence-corrected chi connectivity index (χ3v) is 2.49. The van der Waals surface area contributed by atoms with Crippen LogP contribution in [0.15, 0.2) is 0 Å². The second-order valence-electron chi connectivity index (χ2n) is 3.10. The van der Waals surface area contributed by atoms with E-state index in [2.05, 4.69) is 16.0 Å². The first-order valence-electron chi connectivity index (χ1n) is 4.88. The van der Waals surface area contributed by atoms with Crippen LogP contribution in [-0.4, -0.2) is 20.2 Å². The van der Waals surface area contributed by atoms with Crippen LogP contribution in [0.25, 0.3) is 0 Å². The molecule has 0 aliphatic heterocycles. The molecular weight excluding hydrogens is 206 g/mol. The standard InChI is InChI=1S/C8H18NO4S/c1-2-3-4-5-6-7-8-13-14(11,12)9-10/h10H,2-8H2,1H3. The maximum absolute atomic E-state index is 10.5. The van der Waals surface area contributed by atoms with Crippen molar-refractivity contribution in [2.45, 2.75) is 45.4 Å². The van der Waals surface area contributed by atoms with E-state index in [4.69, 9.17) is 5.21 Å². The highest BCUT2D eigenvalue weighted by Crippen LogP contribution is 2.05. The molecule has 0 aliphatic carbocycles. The molecular formula is C8H18NO4S. The topological polar surface area (TPSA) is 77.7 Å². The minimum atomic E-state index is -4.04. The van der Waals surface area contributed by atoms with Gasteiger partial charge in [-0.3, -0.25) is 9.39 Å². The fraction of sp³-hybridized carbons (Fsp3) is 1.00. The van der Waals surface area contributed by atoms with Gasteiger partial charge in [0.2, 0.25) is 0 Å². The molecule has 0 bridgehead atoms. The van der Waals surface area contributed by atoms with Gasteiger partial charge in [0.15, 0.2) is 0 Å². The van der Waals surface area contributed by atoms with Crippen molar-refractivity contribution in [3.8, 4) is 0 Å². The SMILES string of the molecule is CCCCCCCCOS(=O)(=O)[N]O. The van der Waals surface area contributed by atoms with E-state index in [-0.39, 0.29) is 6.61 Å². The van der Waals surface area contributed by atoms with Gasteiger partial charge in [-0.2, -0.15) is 8.42 Å². The number of unbranched alkanes of at least 4 members (excludes halogenated alkanes) is 5. The fourth-order valence-electron chi connectivity index (χ4n) is 1.07. The summed E-state index contributed by atoms with van der Waals surface area (Å²) in [7, 11) is -4.04. The van der Waals surface area contributed by atoms with E-state index in [0.717, 1.165) is 12.8 Å². The Morgan fingerprint density at radius 3 is 2.29 bits per heavy atom. The molecule has 0 saturated carbocycles. The lowest BCUT2D eigenvalue weighted by Gasteiger charge is -2.01. The third kappa shape index (κ3) is 8.43. The van der Waals surface area contributed by atoms with Gasteiger partial charge in [0.05, 0.1) is 11.5 Å². The van der Waals surface area contributed by atoms with Crippen LogP contribution in [0, 0.1) is 0 Å². The van der Waals surface area contributed by atoms with Gasteiger partial charge in [-0.05, 0) is 6.42 Å². The van der Waals surface area contributed by atoms with Crippen LogP contribution < -0.4 is 4.89 Å². The van der Waals surface area contributed by atoms with Gasteiger partial charge in [0, 0.05) is 0 Å². The molecule has 0 amide bonds. The largest absolute Gasteiger partial charge is 0.377 e. The van der Waals surface area contributed by atoms with Gasteiger partial charge in [0.25, 0.3) is 0 Å². The predicted octanol–water partition coefficient (Wildman–Crippen LogP) is 1.60. The van der Waals surface area contributed by atoms with E-state index < -0.39 is 10.3 Å². The molecule has 0 heterocycles. The van der Waals surface area contributed by atoms with Gasteiger partial charge in [0.1, 0.15) is 0 Å². The maximum atomic E-state index is 10.5. The number of rotatable bonds is 9. The summed E-state index contributed by atoms with van der Waals surface area (Å²) in [5.41, 5.74) is 0. The lowest BCUT2D eigenvalue weighted by molar-refractivity contribution is 0.195. The second kappa shape index (κ2) is 8.16. The van der Waals surface area contributed by atoms with Gasteiger partial charge < -0.3 is 0 Å². The Hall–Kier alpha value is -0.170. The third-order valence-electron chi connectivity index (χ3n) is 1.83. The molecule has 1 N–H and O–H groups in total. The molecule has 0 aromatic heterocycles. The van der Waals surface area contributed by atoms with Crippen molar-refractivity contribution in [1.82, 2.24) is 4.89 Å². The second-order valence-corrected chi connectivity index (χ2v) is 4.35. The highest BCUT2D eigenvalue weighted by atomic mass is 32.2. The van der Waals surface area contributed by atoms with Gasteiger partial charge in [-0.1, -0.05) is 39.0 Å². The van der Waals surface area contributed by atoms with Crippen LogP contribution in [0.5, 0.6) is 0 Å². The average molecular weight is 224 g/mol. The lowest BCUT2D eigenvalue weighted by Crippen LogP contribution is -2.16. The Labute approximate surface area is 85.7 Å². The summed E-state index contributed by atoms with van der Waals surface area (Å²) in [6.45, 7) is 2.23. The van der Waals surface area contributed by atoms with Crippen molar-refractivity contribution < 1.29 is 17.8 Å². The molecule has 0 aliphatic rings. The summed E-state index contributed by atoms with van der Waals surface area (Å²) in [6, 6.07) is 0. The lowest BCUT2D eigenvalue weighted by atomic mass is 10.1. The summed E-state index contributed by atoms with van der Waals surface area (Å²) in [5, 5.41) is 7.98. The summed E-state index contributed by atoms with van der Waals surface area (Å²) in [4.78, 5) is 2.12. The Kier molecular flexibility index (Phi) is 8.07. The molecule has 14 heavy (non-hydrogen) atoms. The quantitative estimate of drug-likeness (QED) is 0.476. The molecule has 0 spiro atoms. The maximum Gasteiger partial charge on any atom is 0.377 e. The molecule has 6 heteroatoms. The monoisotopic (exact) mass is 224 g/mol. The van der Waals surface area contributed by atoms with E-state index in [1.807, 2.05) is 0 Å². The first-order valence-corrected chi connectivity index (χ1v) is 6.24. The molecule has 5 nitrogen and oxygen atoms in total. The summed E-state index contributed by atoms with van der Waals surface area (Å²) < 4.78 is 25.3. The van der Waals surface area contributed by atoms with Gasteiger partial charge >= 0.3 is 10.3 Å². The Morgan fingerprint density at radius 2 is 1.71 bits per heavy atom. The van der Waals surface area contributed by atoms with Crippen molar-refractivity contribution >= 4 is 10.3 Å². The molecule has 0 unspecified atom stereocenters. The van der Waals surface area contributed by atoms with Crippen LogP contribution in [0.1, 0.15) is 45.4 Å². The Bertz CT molecular complexity index is 215. The fourth-order valence-corrected chi connectivity index (χ4v) is 1.45. The minimum Gasteiger partial charge on any atom is -0.281 e. The van der Waals surface area contributed by atoms with Crippen molar-refractivity contribution in [1.29, 1.82) is 0 Å². The van der Waals surface area contributed by atoms with Gasteiger partial charge in [-0.25, -0.2) is 0 Å². The Balaban J connectivity index is 3.22. The summed E-state index contributed by atoms with van der Waals surface area (Å²) in [5.74, 6) is 0. The average Bonchev–Trinajstić information content (AvgIpc) is 2.16. The van der Waals surface area contributed by atoms with Crippen LogP contribution >= 0.6 is 0 Å². The van der Waals surface area contributed by atoms with Crippen LogP contribution in [0.3, 0.4) is 0 Å². The summed E-state index contributed by atoms with van der Waals surface area (Å²) in [6.07, 6.45) is 6.29. The molecule has 0 aromatic rings. The molecule has 0 atom stereocenters. The highest BCUT2D eigenvalue weighted by molar-refractivity contribution is 7.84. The zero-order valence-corrected chi connectivity index (χ0v) is 9.29. The van der Waals surface area contributed by atoms with E-state index in [1.165, 1.54) is 19.3 Å². The first-order chi connectivity index (χ1) is 6.62. The zero-order chi connectivity index (χ0) is 10.9. The van der Waals surface area contributed by atoms with Crippen molar-refractivity contribution in [2.24, 2.45) is 0 Å². The summed E-state index contributed by atoms with van der Waals surface area (Å²) >= 11 is 0. The molecule has 0 rings (SSSR count). The normalized spacial score (nSPS) is 11.9. The molecule has 0 saturated heterocycles. The highest BCUT2D eigenvalue weighted by Gasteiger charge is 2.09. The number of nitrogens with zero attached hydrogens (tertiary/aromatic N) is 1. The van der Waals surface area contributed by atoms with Gasteiger partial charge in [-0.15, -0.1) is 0 Å². The van der Waals surface area contributed by atoms with Crippen LogP contribution in [-0.2, 0) is 14.5 Å². The number of hydrogen-bond acceptors (Lipinski definition) is 4. The van der Waals surface area contributed by atoms with E-state index in [9.17, 15) is 8.42 Å². The molecule has 1 radical (unpaired) electrons. The first kappa shape index (κ1) is 13.8. The van der Waals surface area contributed by atoms with Crippen molar-refractivity contribution in [3.63, 3.8) is 0 Å². The molecule has 0 fully saturated rings. The van der Waals surface area contributed by atoms with Crippen molar-refractivity contribution in [2.75, 3.05) is 6.61 Å². The molecule has 85 valence electrons. The predicted molar refractivity (Wildman–Crippen MR) is 52.2 cm³/mol. The molecule has 0 aromatic carbocycles. The smallest absolute Gasteiger partial charge is 0.281 e. The van der Waals surface area contributed by atoms with E-state index >= 15 is 0 Å². The van der Waals surface area contributed by atoms with Crippen molar-refractivity contribution in [3.05, 3.63) is 0 Å². The van der Waals surface area contributed by atoms with E-state index in [1.54, 1.807) is 0 Å².